The summed E-state index contributed by atoms with van der Waals surface area (Å²) in [6, 6.07) is 5.09. The molecule has 0 N–H and O–H groups in total. The fourth-order valence-corrected chi connectivity index (χ4v) is 4.47. The molecule has 0 bridgehead atoms. The van der Waals surface area contributed by atoms with Gasteiger partial charge in [-0.25, -0.2) is 8.42 Å². The number of benzene rings is 1. The molecule has 2 unspecified atom stereocenters. The van der Waals surface area contributed by atoms with Gasteiger partial charge in [0.05, 0.1) is 5.25 Å². The molecule has 0 saturated heterocycles. The van der Waals surface area contributed by atoms with Gasteiger partial charge in [0.2, 0.25) is 0 Å². The fourth-order valence-electron chi connectivity index (χ4n) is 2.68. The summed E-state index contributed by atoms with van der Waals surface area (Å²) >= 11 is 9.29. The van der Waals surface area contributed by atoms with E-state index in [1.807, 2.05) is 0 Å². The summed E-state index contributed by atoms with van der Waals surface area (Å²) in [4.78, 5) is 12.6. The first-order valence-corrected chi connectivity index (χ1v) is 9.59. The van der Waals surface area contributed by atoms with Crippen molar-refractivity contribution in [3.63, 3.8) is 0 Å². The zero-order chi connectivity index (χ0) is 14.9. The number of carbonyl (C=O) groups excluding carboxylic acids is 1. The molecule has 0 heterocycles. The van der Waals surface area contributed by atoms with Gasteiger partial charge in [0.25, 0.3) is 0 Å². The van der Waals surface area contributed by atoms with E-state index >= 15 is 0 Å². The van der Waals surface area contributed by atoms with Crippen LogP contribution in [0.3, 0.4) is 0 Å². The summed E-state index contributed by atoms with van der Waals surface area (Å²) in [5.41, 5.74) is 0.539. The Hall–Kier alpha value is -0.390. The van der Waals surface area contributed by atoms with Crippen LogP contribution in [-0.4, -0.2) is 25.7 Å². The molecule has 20 heavy (non-hydrogen) atoms. The van der Waals surface area contributed by atoms with Crippen LogP contribution in [0.15, 0.2) is 22.7 Å². The van der Waals surface area contributed by atoms with Crippen molar-refractivity contribution in [3.8, 4) is 0 Å². The van der Waals surface area contributed by atoms with Gasteiger partial charge in [-0.15, -0.1) is 0 Å². The summed E-state index contributed by atoms with van der Waals surface area (Å²) in [6.07, 6.45) is 3.83. The largest absolute Gasteiger partial charge is 0.294 e. The van der Waals surface area contributed by atoms with Gasteiger partial charge in [-0.05, 0) is 37.5 Å². The van der Waals surface area contributed by atoms with Crippen LogP contribution < -0.4 is 0 Å². The predicted octanol–water partition coefficient (Wildman–Crippen LogP) is 3.89. The Labute approximate surface area is 132 Å². The number of hydrogen-bond acceptors (Lipinski definition) is 3. The highest BCUT2D eigenvalue weighted by Crippen LogP contribution is 2.33. The number of halogens is 2. The third kappa shape index (κ3) is 3.62. The highest BCUT2D eigenvalue weighted by atomic mass is 79.9. The van der Waals surface area contributed by atoms with Crippen LogP contribution in [0.4, 0.5) is 0 Å². The molecule has 3 nitrogen and oxygen atoms in total. The van der Waals surface area contributed by atoms with Crippen LogP contribution >= 0.6 is 27.5 Å². The van der Waals surface area contributed by atoms with Crippen molar-refractivity contribution >= 4 is 43.2 Å². The number of rotatable bonds is 3. The van der Waals surface area contributed by atoms with E-state index in [1.165, 1.54) is 6.26 Å². The Morgan fingerprint density at radius 2 is 2.05 bits per heavy atom. The molecule has 1 fully saturated rings. The third-order valence-electron chi connectivity index (χ3n) is 3.80. The second kappa shape index (κ2) is 6.16. The Kier molecular flexibility index (Phi) is 4.92. The molecule has 1 aliphatic carbocycles. The van der Waals surface area contributed by atoms with Crippen molar-refractivity contribution in [1.29, 1.82) is 0 Å². The van der Waals surface area contributed by atoms with Gasteiger partial charge in [0.1, 0.15) is 9.84 Å². The Morgan fingerprint density at radius 1 is 1.35 bits per heavy atom. The molecule has 1 aromatic rings. The van der Waals surface area contributed by atoms with Gasteiger partial charge in [-0.1, -0.05) is 34.0 Å². The van der Waals surface area contributed by atoms with E-state index in [-0.39, 0.29) is 11.7 Å². The molecule has 110 valence electrons. The molecular weight excluding hydrogens is 364 g/mol. The van der Waals surface area contributed by atoms with Crippen LogP contribution in [0.25, 0.3) is 0 Å². The predicted molar refractivity (Wildman–Crippen MR) is 84.1 cm³/mol. The lowest BCUT2D eigenvalue weighted by Gasteiger charge is -2.27. The molecule has 0 amide bonds. The van der Waals surface area contributed by atoms with E-state index in [0.717, 1.165) is 12.8 Å². The zero-order valence-corrected chi connectivity index (χ0v) is 14.3. The summed E-state index contributed by atoms with van der Waals surface area (Å²) in [6.45, 7) is 0. The first-order chi connectivity index (χ1) is 9.29. The minimum Gasteiger partial charge on any atom is -0.294 e. The maximum absolute atomic E-state index is 12.6. The first-order valence-electron chi connectivity index (χ1n) is 6.47. The lowest BCUT2D eigenvalue weighted by molar-refractivity contribution is 0.0890. The van der Waals surface area contributed by atoms with Crippen molar-refractivity contribution in [2.24, 2.45) is 5.92 Å². The summed E-state index contributed by atoms with van der Waals surface area (Å²) < 4.78 is 24.0. The van der Waals surface area contributed by atoms with Crippen molar-refractivity contribution in [2.45, 2.75) is 30.9 Å². The Bertz CT molecular complexity index is 627. The molecule has 6 heteroatoms. The average Bonchev–Trinajstić information content (AvgIpc) is 2.40. The SMILES string of the molecule is CS(=O)(=O)C1CCCC(C(=O)c2cc(Cl)ccc2Br)C1. The van der Waals surface area contributed by atoms with E-state index in [2.05, 4.69) is 15.9 Å². The highest BCUT2D eigenvalue weighted by Gasteiger charge is 2.33. The normalized spacial score (nSPS) is 23.6. The molecule has 2 atom stereocenters. The molecule has 0 aliphatic heterocycles. The fraction of sp³-hybridized carbons (Fsp3) is 0.500. The van der Waals surface area contributed by atoms with E-state index in [9.17, 15) is 13.2 Å². The number of hydrogen-bond donors (Lipinski definition) is 0. The smallest absolute Gasteiger partial charge is 0.167 e. The van der Waals surface area contributed by atoms with Gasteiger partial charge in [0.15, 0.2) is 5.78 Å². The van der Waals surface area contributed by atoms with Crippen LogP contribution in [-0.2, 0) is 9.84 Å². The highest BCUT2D eigenvalue weighted by molar-refractivity contribution is 9.10. The number of sulfone groups is 1. The van der Waals surface area contributed by atoms with Crippen molar-refractivity contribution in [3.05, 3.63) is 33.3 Å². The maximum atomic E-state index is 12.6. The molecule has 0 aromatic heterocycles. The van der Waals surface area contributed by atoms with E-state index in [4.69, 9.17) is 11.6 Å². The maximum Gasteiger partial charge on any atom is 0.167 e. The molecule has 0 spiro atoms. The number of Topliss-reactive ketones (excluding diaryl/α,β-unsaturated/α-hetero) is 1. The van der Waals surface area contributed by atoms with E-state index in [0.29, 0.717) is 27.9 Å². The first kappa shape index (κ1) is 16.0. The summed E-state index contributed by atoms with van der Waals surface area (Å²) in [7, 11) is -3.08. The van der Waals surface area contributed by atoms with Crippen molar-refractivity contribution < 1.29 is 13.2 Å². The van der Waals surface area contributed by atoms with Crippen LogP contribution in [0.5, 0.6) is 0 Å². The van der Waals surface area contributed by atoms with Gasteiger partial charge < -0.3 is 0 Å². The van der Waals surface area contributed by atoms with Crippen molar-refractivity contribution in [2.75, 3.05) is 6.26 Å². The second-order valence-electron chi connectivity index (χ2n) is 5.30. The lowest BCUT2D eigenvalue weighted by Crippen LogP contribution is -2.31. The molecule has 0 radical (unpaired) electrons. The van der Waals surface area contributed by atoms with Crippen LogP contribution in [0.2, 0.25) is 5.02 Å². The Balaban J connectivity index is 2.23. The zero-order valence-electron chi connectivity index (χ0n) is 11.1. The molecular formula is C14H16BrClO3S. The number of ketones is 1. The molecule has 1 aromatic carbocycles. The molecule has 1 saturated carbocycles. The minimum atomic E-state index is -3.08. The van der Waals surface area contributed by atoms with Gasteiger partial charge in [0, 0.05) is 27.2 Å². The van der Waals surface area contributed by atoms with Gasteiger partial charge in [-0.3, -0.25) is 4.79 Å². The van der Waals surface area contributed by atoms with E-state index in [1.54, 1.807) is 18.2 Å². The van der Waals surface area contributed by atoms with Gasteiger partial charge in [-0.2, -0.15) is 0 Å². The molecule has 2 rings (SSSR count). The van der Waals surface area contributed by atoms with Crippen LogP contribution in [0, 0.1) is 5.92 Å². The Morgan fingerprint density at radius 3 is 2.70 bits per heavy atom. The van der Waals surface area contributed by atoms with Crippen molar-refractivity contribution in [1.82, 2.24) is 0 Å². The van der Waals surface area contributed by atoms with Gasteiger partial charge >= 0.3 is 0 Å². The topological polar surface area (TPSA) is 51.2 Å². The number of carbonyl (C=O) groups is 1. The lowest BCUT2D eigenvalue weighted by atomic mass is 9.83. The quantitative estimate of drug-likeness (QED) is 0.749. The second-order valence-corrected chi connectivity index (χ2v) is 8.92. The average molecular weight is 380 g/mol. The molecule has 1 aliphatic rings. The minimum absolute atomic E-state index is 0.0206. The van der Waals surface area contributed by atoms with E-state index < -0.39 is 15.1 Å². The third-order valence-corrected chi connectivity index (χ3v) is 6.36. The summed E-state index contributed by atoms with van der Waals surface area (Å²) in [5, 5.41) is 0.107. The summed E-state index contributed by atoms with van der Waals surface area (Å²) in [5.74, 6) is -0.258. The van der Waals surface area contributed by atoms with Crippen LogP contribution in [0.1, 0.15) is 36.0 Å². The standard InChI is InChI=1S/C14H16BrClO3S/c1-20(18,19)11-4-2-3-9(7-11)14(17)12-8-10(16)5-6-13(12)15/h5-6,8-9,11H,2-4,7H2,1H3. The monoisotopic (exact) mass is 378 g/mol.